The number of alkyl halides is 3. The molecule has 0 bridgehead atoms. The Bertz CT molecular complexity index is 613. The number of nitrogens with one attached hydrogen (secondary N) is 1. The molecule has 1 N–H and O–H groups in total. The van der Waals surface area contributed by atoms with Crippen LogP contribution in [0.1, 0.15) is 50.5 Å². The molecular formula is C18H21BrF3NO. The van der Waals surface area contributed by atoms with Crippen LogP contribution in [-0.2, 0) is 10.3 Å². The summed E-state index contributed by atoms with van der Waals surface area (Å²) in [5, 5.41) is 3.09. The van der Waals surface area contributed by atoms with Crippen molar-refractivity contribution >= 4 is 21.8 Å². The summed E-state index contributed by atoms with van der Waals surface area (Å²) in [5.74, 6) is -2.09. The lowest BCUT2D eigenvalue weighted by atomic mass is 9.71. The van der Waals surface area contributed by atoms with Gasteiger partial charge in [-0.15, -0.1) is 0 Å². The lowest BCUT2D eigenvalue weighted by molar-refractivity contribution is -0.186. The van der Waals surface area contributed by atoms with E-state index in [4.69, 9.17) is 0 Å². The Morgan fingerprint density at radius 1 is 1.21 bits per heavy atom. The molecule has 2 saturated carbocycles. The predicted molar refractivity (Wildman–Crippen MR) is 89.3 cm³/mol. The SMILES string of the molecule is O=C(NC1(c2cccc(Br)c2)CCC1)C1CCCC(C(F)(F)F)C1. The van der Waals surface area contributed by atoms with Crippen LogP contribution in [-0.4, -0.2) is 12.1 Å². The van der Waals surface area contributed by atoms with E-state index in [9.17, 15) is 18.0 Å². The van der Waals surface area contributed by atoms with Crippen molar-refractivity contribution in [3.63, 3.8) is 0 Å². The van der Waals surface area contributed by atoms with E-state index in [2.05, 4.69) is 21.2 Å². The molecule has 0 radical (unpaired) electrons. The number of halogens is 4. The molecule has 2 aliphatic rings. The number of benzene rings is 1. The molecule has 0 aliphatic heterocycles. The first-order chi connectivity index (χ1) is 11.3. The summed E-state index contributed by atoms with van der Waals surface area (Å²) in [6.45, 7) is 0. The zero-order valence-electron chi connectivity index (χ0n) is 13.3. The molecule has 1 aromatic carbocycles. The minimum absolute atomic E-state index is 0.0795. The van der Waals surface area contributed by atoms with Gasteiger partial charge in [0.15, 0.2) is 0 Å². The molecule has 2 unspecified atom stereocenters. The number of carbonyl (C=O) groups is 1. The van der Waals surface area contributed by atoms with Gasteiger partial charge in [-0.2, -0.15) is 13.2 Å². The number of carbonyl (C=O) groups excluding carboxylic acids is 1. The van der Waals surface area contributed by atoms with Crippen LogP contribution in [0.5, 0.6) is 0 Å². The van der Waals surface area contributed by atoms with Crippen molar-refractivity contribution in [3.8, 4) is 0 Å². The van der Waals surface area contributed by atoms with Crippen molar-refractivity contribution in [3.05, 3.63) is 34.3 Å². The summed E-state index contributed by atoms with van der Waals surface area (Å²) in [4.78, 5) is 12.6. The molecule has 0 saturated heterocycles. The largest absolute Gasteiger partial charge is 0.391 e. The summed E-state index contributed by atoms with van der Waals surface area (Å²) in [5.41, 5.74) is 0.617. The van der Waals surface area contributed by atoms with Gasteiger partial charge in [-0.25, -0.2) is 0 Å². The zero-order chi connectivity index (χ0) is 17.4. The van der Waals surface area contributed by atoms with Crippen LogP contribution >= 0.6 is 15.9 Å². The maximum absolute atomic E-state index is 13.0. The molecule has 3 rings (SSSR count). The molecule has 132 valence electrons. The second-order valence-electron chi connectivity index (χ2n) is 7.04. The maximum Gasteiger partial charge on any atom is 0.391 e. The van der Waals surface area contributed by atoms with Crippen molar-refractivity contribution in [2.45, 2.75) is 56.7 Å². The van der Waals surface area contributed by atoms with Gasteiger partial charge in [0, 0.05) is 10.4 Å². The normalized spacial score (nSPS) is 26.5. The Morgan fingerprint density at radius 2 is 1.96 bits per heavy atom. The van der Waals surface area contributed by atoms with Gasteiger partial charge in [-0.05, 0) is 56.2 Å². The van der Waals surface area contributed by atoms with Gasteiger partial charge in [0.1, 0.15) is 0 Å². The van der Waals surface area contributed by atoms with Crippen molar-refractivity contribution < 1.29 is 18.0 Å². The Hall–Kier alpha value is -1.04. The molecule has 2 aliphatic carbocycles. The van der Waals surface area contributed by atoms with Crippen LogP contribution in [0.2, 0.25) is 0 Å². The predicted octanol–water partition coefficient (Wildman–Crippen LogP) is 5.31. The first-order valence-electron chi connectivity index (χ1n) is 8.45. The van der Waals surface area contributed by atoms with Gasteiger partial charge >= 0.3 is 6.18 Å². The molecule has 2 nitrogen and oxygen atoms in total. The quantitative estimate of drug-likeness (QED) is 0.727. The highest BCUT2D eigenvalue weighted by Crippen LogP contribution is 2.44. The topological polar surface area (TPSA) is 29.1 Å². The standard InChI is InChI=1S/C18H21BrF3NO/c19-15-7-2-5-13(11-15)17(8-3-9-17)23-16(24)12-4-1-6-14(10-12)18(20,21)22/h2,5,7,11-12,14H,1,3-4,6,8-10H2,(H,23,24). The minimum atomic E-state index is -4.20. The molecule has 0 spiro atoms. The summed E-state index contributed by atoms with van der Waals surface area (Å²) < 4.78 is 39.8. The van der Waals surface area contributed by atoms with Crippen LogP contribution in [0.15, 0.2) is 28.7 Å². The van der Waals surface area contributed by atoms with E-state index >= 15 is 0 Å². The summed E-state index contributed by atoms with van der Waals surface area (Å²) in [7, 11) is 0. The van der Waals surface area contributed by atoms with Crippen LogP contribution in [0.25, 0.3) is 0 Å². The average Bonchev–Trinajstić information content (AvgIpc) is 2.50. The van der Waals surface area contributed by atoms with E-state index in [1.807, 2.05) is 24.3 Å². The summed E-state index contributed by atoms with van der Waals surface area (Å²) >= 11 is 3.44. The zero-order valence-corrected chi connectivity index (χ0v) is 14.9. The van der Waals surface area contributed by atoms with Gasteiger partial charge in [-0.3, -0.25) is 4.79 Å². The molecule has 0 aromatic heterocycles. The molecular weight excluding hydrogens is 383 g/mol. The second kappa shape index (κ2) is 6.70. The van der Waals surface area contributed by atoms with Gasteiger partial charge in [0.05, 0.1) is 11.5 Å². The van der Waals surface area contributed by atoms with E-state index in [1.165, 1.54) is 0 Å². The van der Waals surface area contributed by atoms with Gasteiger partial charge < -0.3 is 5.32 Å². The lowest BCUT2D eigenvalue weighted by Gasteiger charge is -2.44. The van der Waals surface area contributed by atoms with Gasteiger partial charge in [0.25, 0.3) is 0 Å². The third-order valence-corrected chi connectivity index (χ3v) is 5.95. The van der Waals surface area contributed by atoms with Crippen molar-refractivity contribution in [2.24, 2.45) is 11.8 Å². The molecule has 2 fully saturated rings. The second-order valence-corrected chi connectivity index (χ2v) is 7.95. The van der Waals surface area contributed by atoms with E-state index in [0.717, 1.165) is 29.3 Å². The third kappa shape index (κ3) is 3.63. The average molecular weight is 404 g/mol. The fraction of sp³-hybridized carbons (Fsp3) is 0.611. The molecule has 6 heteroatoms. The van der Waals surface area contributed by atoms with Crippen molar-refractivity contribution in [2.75, 3.05) is 0 Å². The van der Waals surface area contributed by atoms with E-state index in [0.29, 0.717) is 12.8 Å². The maximum atomic E-state index is 13.0. The number of hydrogen-bond acceptors (Lipinski definition) is 1. The molecule has 0 heterocycles. The van der Waals surface area contributed by atoms with Crippen LogP contribution in [0.3, 0.4) is 0 Å². The fourth-order valence-electron chi connectivity index (χ4n) is 3.87. The Kier molecular flexibility index (Phi) is 4.96. The molecule has 2 atom stereocenters. The first-order valence-corrected chi connectivity index (χ1v) is 9.24. The lowest BCUT2D eigenvalue weighted by Crippen LogP contribution is -2.53. The first kappa shape index (κ1) is 17.8. The van der Waals surface area contributed by atoms with E-state index in [-0.39, 0.29) is 18.7 Å². The fourth-order valence-corrected chi connectivity index (χ4v) is 4.26. The van der Waals surface area contributed by atoms with E-state index < -0.39 is 23.6 Å². The monoisotopic (exact) mass is 403 g/mol. The summed E-state index contributed by atoms with van der Waals surface area (Å²) in [6, 6.07) is 7.81. The van der Waals surface area contributed by atoms with Crippen LogP contribution in [0.4, 0.5) is 13.2 Å². The van der Waals surface area contributed by atoms with Crippen LogP contribution < -0.4 is 5.32 Å². The van der Waals surface area contributed by atoms with E-state index in [1.54, 1.807) is 0 Å². The molecule has 1 amide bonds. The van der Waals surface area contributed by atoms with Crippen molar-refractivity contribution in [1.82, 2.24) is 5.32 Å². The molecule has 24 heavy (non-hydrogen) atoms. The highest BCUT2D eigenvalue weighted by atomic mass is 79.9. The van der Waals surface area contributed by atoms with Crippen molar-refractivity contribution in [1.29, 1.82) is 0 Å². The van der Waals surface area contributed by atoms with Gasteiger partial charge in [-0.1, -0.05) is 34.5 Å². The number of rotatable bonds is 3. The Balaban J connectivity index is 1.71. The Morgan fingerprint density at radius 3 is 2.54 bits per heavy atom. The van der Waals surface area contributed by atoms with Crippen LogP contribution in [0, 0.1) is 11.8 Å². The number of amides is 1. The number of hydrogen-bond donors (Lipinski definition) is 1. The third-order valence-electron chi connectivity index (χ3n) is 5.45. The smallest absolute Gasteiger partial charge is 0.346 e. The highest BCUT2D eigenvalue weighted by Gasteiger charge is 2.46. The molecule has 1 aromatic rings. The Labute approximate surface area is 148 Å². The minimum Gasteiger partial charge on any atom is -0.346 e. The summed E-state index contributed by atoms with van der Waals surface area (Å²) in [6.07, 6.45) is -0.428. The highest BCUT2D eigenvalue weighted by molar-refractivity contribution is 9.10. The van der Waals surface area contributed by atoms with Gasteiger partial charge in [0.2, 0.25) is 5.91 Å².